The Morgan fingerprint density at radius 3 is 2.82 bits per heavy atom. The van der Waals surface area contributed by atoms with Crippen molar-refractivity contribution in [1.29, 1.82) is 0 Å². The smallest absolute Gasteiger partial charge is 0.310 e. The van der Waals surface area contributed by atoms with E-state index in [1.165, 1.54) is 0 Å². The van der Waals surface area contributed by atoms with Crippen LogP contribution in [0.25, 0.3) is 0 Å². The largest absolute Gasteiger partial charge is 0.466 e. The van der Waals surface area contributed by atoms with Crippen molar-refractivity contribution in [2.75, 3.05) is 33.3 Å². The second-order valence-corrected chi connectivity index (χ2v) is 6.89. The molecular formula is C21H32N4O3. The third-order valence-corrected chi connectivity index (χ3v) is 4.73. The Morgan fingerprint density at radius 1 is 1.29 bits per heavy atom. The van der Waals surface area contributed by atoms with Gasteiger partial charge in [0, 0.05) is 38.8 Å². The number of guanidine groups is 1. The number of amides is 1. The Balaban J connectivity index is 1.95. The van der Waals surface area contributed by atoms with Crippen LogP contribution in [-0.2, 0) is 16.1 Å². The average molecular weight is 389 g/mol. The van der Waals surface area contributed by atoms with Gasteiger partial charge in [-0.2, -0.15) is 0 Å². The van der Waals surface area contributed by atoms with E-state index in [-0.39, 0.29) is 17.8 Å². The molecule has 0 radical (unpaired) electrons. The Morgan fingerprint density at radius 2 is 2.11 bits per heavy atom. The maximum atomic E-state index is 12.1. The summed E-state index contributed by atoms with van der Waals surface area (Å²) in [6, 6.07) is 7.58. The van der Waals surface area contributed by atoms with Crippen LogP contribution >= 0.6 is 0 Å². The van der Waals surface area contributed by atoms with Gasteiger partial charge in [-0.25, -0.2) is 0 Å². The van der Waals surface area contributed by atoms with Crippen molar-refractivity contribution in [3.8, 4) is 0 Å². The zero-order chi connectivity index (χ0) is 20.4. The van der Waals surface area contributed by atoms with Gasteiger partial charge >= 0.3 is 5.97 Å². The first-order valence-corrected chi connectivity index (χ1v) is 10.1. The molecule has 0 bridgehead atoms. The Labute approximate surface area is 167 Å². The molecule has 154 valence electrons. The van der Waals surface area contributed by atoms with Crippen LogP contribution in [0.4, 0.5) is 0 Å². The zero-order valence-corrected chi connectivity index (χ0v) is 17.2. The number of ether oxygens (including phenoxy) is 1. The summed E-state index contributed by atoms with van der Waals surface area (Å²) in [5.41, 5.74) is 1.66. The van der Waals surface area contributed by atoms with E-state index in [0.717, 1.165) is 37.3 Å². The molecule has 1 amide bonds. The number of hydrogen-bond donors (Lipinski definition) is 2. The highest BCUT2D eigenvalue weighted by Gasteiger charge is 2.28. The summed E-state index contributed by atoms with van der Waals surface area (Å²) in [6.45, 7) is 6.96. The molecule has 1 aromatic rings. The number of benzene rings is 1. The Bertz CT molecular complexity index is 690. The third-order valence-electron chi connectivity index (χ3n) is 4.73. The van der Waals surface area contributed by atoms with E-state index >= 15 is 0 Å². The van der Waals surface area contributed by atoms with E-state index in [0.29, 0.717) is 31.8 Å². The number of rotatable bonds is 7. The SMILES string of the molecule is CCCNC(=O)c1cccc(CNC(=NC)N2CCCC(C(=O)OCC)C2)c1. The maximum Gasteiger partial charge on any atom is 0.310 e. The molecule has 7 nitrogen and oxygen atoms in total. The van der Waals surface area contributed by atoms with Crippen LogP contribution in [0.5, 0.6) is 0 Å². The quantitative estimate of drug-likeness (QED) is 0.425. The van der Waals surface area contributed by atoms with E-state index in [2.05, 4.69) is 20.5 Å². The Hall–Kier alpha value is -2.57. The highest BCUT2D eigenvalue weighted by molar-refractivity contribution is 5.94. The monoisotopic (exact) mass is 388 g/mol. The predicted molar refractivity (Wildman–Crippen MR) is 110 cm³/mol. The Kier molecular flexibility index (Phi) is 8.78. The number of carbonyl (C=O) groups is 2. The van der Waals surface area contributed by atoms with Crippen molar-refractivity contribution in [2.24, 2.45) is 10.9 Å². The molecule has 0 aliphatic carbocycles. The first-order chi connectivity index (χ1) is 13.6. The highest BCUT2D eigenvalue weighted by atomic mass is 16.5. The van der Waals surface area contributed by atoms with Crippen molar-refractivity contribution in [3.63, 3.8) is 0 Å². The molecule has 1 aliphatic heterocycles. The van der Waals surface area contributed by atoms with Crippen molar-refractivity contribution in [2.45, 2.75) is 39.7 Å². The van der Waals surface area contributed by atoms with Crippen LogP contribution in [0.2, 0.25) is 0 Å². The third kappa shape index (κ3) is 6.25. The molecule has 0 saturated carbocycles. The molecule has 1 aliphatic rings. The highest BCUT2D eigenvalue weighted by Crippen LogP contribution is 2.18. The number of esters is 1. The molecule has 2 N–H and O–H groups in total. The number of likely N-dealkylation sites (tertiary alicyclic amines) is 1. The number of nitrogens with one attached hydrogen (secondary N) is 2. The lowest BCUT2D eigenvalue weighted by atomic mass is 9.98. The van der Waals surface area contributed by atoms with Gasteiger partial charge < -0.3 is 20.3 Å². The molecular weight excluding hydrogens is 356 g/mol. The molecule has 2 rings (SSSR count). The standard InChI is InChI=1S/C21H32N4O3/c1-4-11-23-19(26)17-9-6-8-16(13-17)14-24-21(22-3)25-12-7-10-18(15-25)20(27)28-5-2/h6,8-9,13,18H,4-5,7,10-12,14-15H2,1-3H3,(H,22,24)(H,23,26). The minimum absolute atomic E-state index is 0.0543. The van der Waals surface area contributed by atoms with Gasteiger partial charge in [0.1, 0.15) is 0 Å². The van der Waals surface area contributed by atoms with Crippen molar-refractivity contribution < 1.29 is 14.3 Å². The second kappa shape index (κ2) is 11.3. The van der Waals surface area contributed by atoms with E-state index < -0.39 is 0 Å². The second-order valence-electron chi connectivity index (χ2n) is 6.89. The minimum atomic E-state index is -0.131. The van der Waals surface area contributed by atoms with Crippen LogP contribution in [0, 0.1) is 5.92 Å². The van der Waals surface area contributed by atoms with Gasteiger partial charge in [0.2, 0.25) is 0 Å². The maximum absolute atomic E-state index is 12.1. The summed E-state index contributed by atoms with van der Waals surface area (Å²) in [5, 5.41) is 6.24. The zero-order valence-electron chi connectivity index (χ0n) is 17.2. The first kappa shape index (κ1) is 21.7. The van der Waals surface area contributed by atoms with E-state index in [9.17, 15) is 9.59 Å². The van der Waals surface area contributed by atoms with Crippen LogP contribution in [0.15, 0.2) is 29.3 Å². The average Bonchev–Trinajstić information content (AvgIpc) is 2.73. The normalized spacial score (nSPS) is 17.2. The minimum Gasteiger partial charge on any atom is -0.466 e. The number of aliphatic imine (C=N–C) groups is 1. The van der Waals surface area contributed by atoms with Gasteiger partial charge in [-0.15, -0.1) is 0 Å². The van der Waals surface area contributed by atoms with Crippen molar-refractivity contribution >= 4 is 17.8 Å². The molecule has 1 saturated heterocycles. The summed E-state index contributed by atoms with van der Waals surface area (Å²) < 4.78 is 5.17. The summed E-state index contributed by atoms with van der Waals surface area (Å²) in [4.78, 5) is 30.7. The van der Waals surface area contributed by atoms with E-state index in [1.807, 2.05) is 38.1 Å². The van der Waals surface area contributed by atoms with Gasteiger partial charge in [-0.05, 0) is 43.9 Å². The van der Waals surface area contributed by atoms with Crippen LogP contribution in [-0.4, -0.2) is 56.0 Å². The topological polar surface area (TPSA) is 83.0 Å². The summed E-state index contributed by atoms with van der Waals surface area (Å²) >= 11 is 0. The van der Waals surface area contributed by atoms with Crippen LogP contribution < -0.4 is 10.6 Å². The summed E-state index contributed by atoms with van der Waals surface area (Å²) in [5.74, 6) is 0.461. The molecule has 0 aromatic heterocycles. The van der Waals surface area contributed by atoms with Gasteiger partial charge in [-0.1, -0.05) is 19.1 Å². The fourth-order valence-corrected chi connectivity index (χ4v) is 3.30. The molecule has 1 atom stereocenters. The van der Waals surface area contributed by atoms with Crippen molar-refractivity contribution in [3.05, 3.63) is 35.4 Å². The molecule has 0 spiro atoms. The molecule has 1 fully saturated rings. The molecule has 1 heterocycles. The lowest BCUT2D eigenvalue weighted by Gasteiger charge is -2.34. The summed E-state index contributed by atoms with van der Waals surface area (Å²) in [7, 11) is 1.74. The summed E-state index contributed by atoms with van der Waals surface area (Å²) in [6.07, 6.45) is 2.68. The first-order valence-electron chi connectivity index (χ1n) is 10.1. The van der Waals surface area contributed by atoms with Gasteiger partial charge in [0.15, 0.2) is 5.96 Å². The van der Waals surface area contributed by atoms with Gasteiger partial charge in [0.25, 0.3) is 5.91 Å². The number of carbonyl (C=O) groups excluding carboxylic acids is 2. The molecule has 7 heteroatoms. The van der Waals surface area contributed by atoms with Gasteiger partial charge in [0.05, 0.1) is 12.5 Å². The fourth-order valence-electron chi connectivity index (χ4n) is 3.30. The molecule has 1 aromatic carbocycles. The fraction of sp³-hybridized carbons (Fsp3) is 0.571. The number of piperidine rings is 1. The van der Waals surface area contributed by atoms with E-state index in [4.69, 9.17) is 4.74 Å². The number of hydrogen-bond acceptors (Lipinski definition) is 4. The molecule has 28 heavy (non-hydrogen) atoms. The van der Waals surface area contributed by atoms with Crippen molar-refractivity contribution in [1.82, 2.24) is 15.5 Å². The van der Waals surface area contributed by atoms with Crippen LogP contribution in [0.1, 0.15) is 49.0 Å². The van der Waals surface area contributed by atoms with E-state index in [1.54, 1.807) is 7.05 Å². The number of nitrogens with zero attached hydrogens (tertiary/aromatic N) is 2. The van der Waals surface area contributed by atoms with Gasteiger partial charge in [-0.3, -0.25) is 14.6 Å². The molecule has 1 unspecified atom stereocenters. The predicted octanol–water partition coefficient (Wildman–Crippen LogP) is 2.18. The lowest BCUT2D eigenvalue weighted by molar-refractivity contribution is -0.149. The lowest BCUT2D eigenvalue weighted by Crippen LogP contribution is -2.48. The van der Waals surface area contributed by atoms with Crippen LogP contribution in [0.3, 0.4) is 0 Å².